The fourth-order valence-corrected chi connectivity index (χ4v) is 2.77. The molecule has 0 amide bonds. The maximum atomic E-state index is 11.8. The molecule has 4 heteroatoms. The summed E-state index contributed by atoms with van der Waals surface area (Å²) in [5.41, 5.74) is 0. The minimum Gasteiger partial charge on any atom is -0.393 e. The van der Waals surface area contributed by atoms with Crippen LogP contribution >= 0.6 is 7.37 Å². The summed E-state index contributed by atoms with van der Waals surface area (Å²) in [7, 11) is -3.26. The molecule has 0 spiro atoms. The molecule has 2 atom stereocenters. The summed E-state index contributed by atoms with van der Waals surface area (Å²) >= 11 is 0. The molecule has 0 bridgehead atoms. The molecule has 0 aromatic heterocycles. The van der Waals surface area contributed by atoms with Crippen LogP contribution < -0.4 is 5.30 Å². The van der Waals surface area contributed by atoms with Crippen molar-refractivity contribution in [2.24, 2.45) is 0 Å². The highest BCUT2D eigenvalue weighted by Crippen LogP contribution is 2.39. The molecule has 0 saturated carbocycles. The van der Waals surface area contributed by atoms with E-state index in [0.717, 1.165) is 0 Å². The van der Waals surface area contributed by atoms with Crippen molar-refractivity contribution in [1.29, 1.82) is 0 Å². The smallest absolute Gasteiger partial charge is 0.229 e. The Morgan fingerprint density at radius 1 is 1.36 bits per heavy atom. The van der Waals surface area contributed by atoms with Crippen LogP contribution in [0.1, 0.15) is 13.3 Å². The van der Waals surface area contributed by atoms with Crippen LogP contribution in [0.25, 0.3) is 0 Å². The maximum Gasteiger partial charge on any atom is 0.229 e. The van der Waals surface area contributed by atoms with Gasteiger partial charge in [0.25, 0.3) is 0 Å². The number of rotatable bonds is 4. The van der Waals surface area contributed by atoms with Gasteiger partial charge in [0.05, 0.1) is 6.10 Å². The summed E-state index contributed by atoms with van der Waals surface area (Å²) in [6.07, 6.45) is -0.0450. The summed E-state index contributed by atoms with van der Waals surface area (Å²) in [5, 5.41) is 9.49. The van der Waals surface area contributed by atoms with E-state index in [4.69, 9.17) is 5.11 Å². The van der Waals surface area contributed by atoms with Crippen molar-refractivity contribution in [3.8, 4) is 0 Å². The predicted molar refractivity (Wildman–Crippen MR) is 57.1 cm³/mol. The molecule has 0 saturated heterocycles. The number of hydrogen-bond acceptors (Lipinski definition) is 2. The van der Waals surface area contributed by atoms with Crippen molar-refractivity contribution in [1.82, 2.24) is 0 Å². The lowest BCUT2D eigenvalue weighted by Gasteiger charge is -2.12. The van der Waals surface area contributed by atoms with Crippen LogP contribution in [-0.4, -0.2) is 22.3 Å². The number of hydrogen-bond donors (Lipinski definition) is 2. The first-order chi connectivity index (χ1) is 6.52. The molecule has 0 aliphatic carbocycles. The maximum absolute atomic E-state index is 11.8. The van der Waals surface area contributed by atoms with Gasteiger partial charge in [-0.1, -0.05) is 18.2 Å². The highest BCUT2D eigenvalue weighted by Gasteiger charge is 2.20. The lowest BCUT2D eigenvalue weighted by Crippen LogP contribution is -2.10. The quantitative estimate of drug-likeness (QED) is 0.744. The molecule has 0 aliphatic rings. The van der Waals surface area contributed by atoms with E-state index >= 15 is 0 Å². The van der Waals surface area contributed by atoms with Gasteiger partial charge in [-0.05, 0) is 25.5 Å². The van der Waals surface area contributed by atoms with Crippen molar-refractivity contribution in [2.75, 3.05) is 6.16 Å². The second-order valence-electron chi connectivity index (χ2n) is 3.40. The van der Waals surface area contributed by atoms with Gasteiger partial charge in [0, 0.05) is 11.5 Å². The first kappa shape index (κ1) is 11.4. The first-order valence-corrected chi connectivity index (χ1v) is 6.42. The van der Waals surface area contributed by atoms with Gasteiger partial charge in [0.1, 0.15) is 0 Å². The molecule has 1 aromatic rings. The molecular formula is C10H15O3P. The van der Waals surface area contributed by atoms with E-state index in [1.807, 2.05) is 0 Å². The van der Waals surface area contributed by atoms with Crippen LogP contribution in [0.2, 0.25) is 0 Å². The van der Waals surface area contributed by atoms with E-state index in [0.29, 0.717) is 11.7 Å². The lowest BCUT2D eigenvalue weighted by molar-refractivity contribution is 0.190. The Labute approximate surface area is 83.9 Å². The van der Waals surface area contributed by atoms with E-state index < -0.39 is 13.5 Å². The first-order valence-electron chi connectivity index (χ1n) is 4.58. The van der Waals surface area contributed by atoms with E-state index in [1.54, 1.807) is 37.3 Å². The van der Waals surface area contributed by atoms with Crippen LogP contribution in [0.15, 0.2) is 30.3 Å². The Balaban J connectivity index is 2.71. The van der Waals surface area contributed by atoms with E-state index in [2.05, 4.69) is 0 Å². The Kier molecular flexibility index (Phi) is 3.87. The van der Waals surface area contributed by atoms with Gasteiger partial charge in [-0.25, -0.2) is 0 Å². The van der Waals surface area contributed by atoms with E-state index in [1.165, 1.54) is 0 Å². The monoisotopic (exact) mass is 214 g/mol. The summed E-state index contributed by atoms with van der Waals surface area (Å²) in [6.45, 7) is 1.62. The van der Waals surface area contributed by atoms with Gasteiger partial charge >= 0.3 is 0 Å². The van der Waals surface area contributed by atoms with Gasteiger partial charge in [0.15, 0.2) is 0 Å². The zero-order valence-electron chi connectivity index (χ0n) is 8.13. The molecule has 2 unspecified atom stereocenters. The number of aliphatic hydroxyl groups is 1. The SMILES string of the molecule is CC(O)CCP(=O)(O)c1ccccc1. The molecule has 0 fully saturated rings. The van der Waals surface area contributed by atoms with Gasteiger partial charge in [-0.3, -0.25) is 4.57 Å². The third kappa shape index (κ3) is 3.26. The summed E-state index contributed by atoms with van der Waals surface area (Å²) in [6, 6.07) is 8.56. The van der Waals surface area contributed by atoms with Crippen molar-refractivity contribution in [3.63, 3.8) is 0 Å². The van der Waals surface area contributed by atoms with Crippen LogP contribution in [-0.2, 0) is 4.57 Å². The average Bonchev–Trinajstić information content (AvgIpc) is 2.16. The van der Waals surface area contributed by atoms with Crippen LogP contribution in [0, 0.1) is 0 Å². The van der Waals surface area contributed by atoms with Gasteiger partial charge in [-0.15, -0.1) is 0 Å². The molecule has 0 aliphatic heterocycles. The molecule has 0 heterocycles. The summed E-state index contributed by atoms with van der Waals surface area (Å²) in [5.74, 6) is 0. The second-order valence-corrected chi connectivity index (χ2v) is 5.77. The predicted octanol–water partition coefficient (Wildman–Crippen LogP) is 1.35. The topological polar surface area (TPSA) is 57.5 Å². The summed E-state index contributed by atoms with van der Waals surface area (Å²) in [4.78, 5) is 9.68. The molecule has 14 heavy (non-hydrogen) atoms. The molecule has 2 N–H and O–H groups in total. The van der Waals surface area contributed by atoms with Gasteiger partial charge in [0.2, 0.25) is 7.37 Å². The molecular weight excluding hydrogens is 199 g/mol. The average molecular weight is 214 g/mol. The second kappa shape index (κ2) is 4.74. The van der Waals surface area contributed by atoms with Crippen LogP contribution in [0.5, 0.6) is 0 Å². The van der Waals surface area contributed by atoms with Crippen molar-refractivity contribution in [3.05, 3.63) is 30.3 Å². The minimum absolute atomic E-state index is 0.134. The summed E-state index contributed by atoms with van der Waals surface area (Å²) < 4.78 is 11.8. The van der Waals surface area contributed by atoms with Crippen molar-refractivity contribution < 1.29 is 14.6 Å². The van der Waals surface area contributed by atoms with E-state index in [9.17, 15) is 9.46 Å². The van der Waals surface area contributed by atoms with Crippen LogP contribution in [0.4, 0.5) is 0 Å². The molecule has 3 nitrogen and oxygen atoms in total. The zero-order chi connectivity index (χ0) is 10.6. The highest BCUT2D eigenvalue weighted by molar-refractivity contribution is 7.66. The third-order valence-corrected chi connectivity index (χ3v) is 3.98. The molecule has 78 valence electrons. The largest absolute Gasteiger partial charge is 0.393 e. The van der Waals surface area contributed by atoms with E-state index in [-0.39, 0.29) is 6.16 Å². The Hall–Kier alpha value is -0.630. The lowest BCUT2D eigenvalue weighted by atomic mass is 10.3. The zero-order valence-corrected chi connectivity index (χ0v) is 9.02. The fourth-order valence-electron chi connectivity index (χ4n) is 1.15. The highest BCUT2D eigenvalue weighted by atomic mass is 31.2. The molecule has 1 aromatic carbocycles. The normalized spacial score (nSPS) is 17.4. The third-order valence-electron chi connectivity index (χ3n) is 2.01. The van der Waals surface area contributed by atoms with Gasteiger partial charge in [-0.2, -0.15) is 0 Å². The Bertz CT molecular complexity index is 321. The molecule has 0 radical (unpaired) electrons. The Morgan fingerprint density at radius 3 is 2.43 bits per heavy atom. The minimum atomic E-state index is -3.26. The number of aliphatic hydroxyl groups excluding tert-OH is 1. The molecule has 1 rings (SSSR count). The van der Waals surface area contributed by atoms with Crippen molar-refractivity contribution >= 4 is 12.7 Å². The van der Waals surface area contributed by atoms with Crippen LogP contribution in [0.3, 0.4) is 0 Å². The number of benzene rings is 1. The Morgan fingerprint density at radius 2 is 1.93 bits per heavy atom. The van der Waals surface area contributed by atoms with Gasteiger partial charge < -0.3 is 10.00 Å². The fraction of sp³-hybridized carbons (Fsp3) is 0.400. The standard InChI is InChI=1S/C10H15O3P/c1-9(11)7-8-14(12,13)10-5-3-2-4-6-10/h2-6,9,11H,7-8H2,1H3,(H,12,13). The van der Waals surface area contributed by atoms with Crippen molar-refractivity contribution in [2.45, 2.75) is 19.4 Å².